The van der Waals surface area contributed by atoms with Crippen LogP contribution in [-0.4, -0.2) is 10.9 Å². The third-order valence-electron chi connectivity index (χ3n) is 3.01. The Bertz CT molecular complexity index is 627. The molecule has 0 unspecified atom stereocenters. The number of pyridine rings is 1. The summed E-state index contributed by atoms with van der Waals surface area (Å²) in [5.74, 6) is -0.203. The number of hydrogen-bond donors (Lipinski definition) is 1. The number of halogens is 2. The van der Waals surface area contributed by atoms with E-state index >= 15 is 0 Å². The van der Waals surface area contributed by atoms with E-state index in [-0.39, 0.29) is 5.91 Å². The van der Waals surface area contributed by atoms with E-state index in [1.54, 1.807) is 30.6 Å². The van der Waals surface area contributed by atoms with Crippen molar-refractivity contribution < 1.29 is 4.79 Å². The van der Waals surface area contributed by atoms with Crippen molar-refractivity contribution >= 4 is 29.1 Å². The maximum atomic E-state index is 12.3. The lowest BCUT2D eigenvalue weighted by Gasteiger charge is -2.26. The van der Waals surface area contributed by atoms with Crippen LogP contribution in [-0.2, 0) is 5.54 Å². The smallest absolute Gasteiger partial charge is 0.252 e. The Balaban J connectivity index is 2.20. The first kappa shape index (κ1) is 14.8. The van der Waals surface area contributed by atoms with Gasteiger partial charge in [-0.2, -0.15) is 0 Å². The zero-order valence-corrected chi connectivity index (χ0v) is 12.7. The first-order valence-electron chi connectivity index (χ1n) is 6.08. The molecule has 0 aliphatic rings. The van der Waals surface area contributed by atoms with Gasteiger partial charge in [0.05, 0.1) is 15.6 Å². The van der Waals surface area contributed by atoms with E-state index in [0.29, 0.717) is 15.6 Å². The summed E-state index contributed by atoms with van der Waals surface area (Å²) < 4.78 is 0. The predicted molar refractivity (Wildman–Crippen MR) is 81.2 cm³/mol. The van der Waals surface area contributed by atoms with Gasteiger partial charge in [-0.3, -0.25) is 9.78 Å². The van der Waals surface area contributed by atoms with Crippen LogP contribution >= 0.6 is 23.2 Å². The van der Waals surface area contributed by atoms with E-state index in [9.17, 15) is 4.79 Å². The maximum absolute atomic E-state index is 12.3. The highest BCUT2D eigenvalue weighted by Crippen LogP contribution is 2.24. The number of hydrogen-bond acceptors (Lipinski definition) is 2. The van der Waals surface area contributed by atoms with Crippen molar-refractivity contribution in [1.29, 1.82) is 0 Å². The SMILES string of the molecule is CC(C)(NC(=O)c1ccc(Cl)c(Cl)c1)c1ccncc1. The zero-order chi connectivity index (χ0) is 14.8. The Morgan fingerprint density at radius 3 is 2.35 bits per heavy atom. The van der Waals surface area contributed by atoms with Crippen molar-refractivity contribution in [2.75, 3.05) is 0 Å². The zero-order valence-electron chi connectivity index (χ0n) is 11.2. The summed E-state index contributed by atoms with van der Waals surface area (Å²) in [6, 6.07) is 8.55. The number of carbonyl (C=O) groups is 1. The Morgan fingerprint density at radius 1 is 1.10 bits per heavy atom. The number of aromatic nitrogens is 1. The third-order valence-corrected chi connectivity index (χ3v) is 3.75. The Kier molecular flexibility index (Phi) is 4.31. The highest BCUT2D eigenvalue weighted by molar-refractivity contribution is 6.42. The second-order valence-electron chi connectivity index (χ2n) is 4.94. The molecule has 0 aliphatic carbocycles. The fourth-order valence-electron chi connectivity index (χ4n) is 1.83. The minimum Gasteiger partial charge on any atom is -0.343 e. The molecule has 2 aromatic rings. The van der Waals surface area contributed by atoms with Gasteiger partial charge in [0.1, 0.15) is 0 Å². The Labute approximate surface area is 127 Å². The molecule has 1 N–H and O–H groups in total. The number of benzene rings is 1. The summed E-state index contributed by atoms with van der Waals surface area (Å²) in [7, 11) is 0. The van der Waals surface area contributed by atoms with Crippen LogP contribution in [0, 0.1) is 0 Å². The molecule has 1 heterocycles. The van der Waals surface area contributed by atoms with Crippen molar-refractivity contribution in [2.45, 2.75) is 19.4 Å². The molecule has 0 fully saturated rings. The summed E-state index contributed by atoms with van der Waals surface area (Å²) in [6.45, 7) is 3.86. The molecule has 0 saturated heterocycles. The van der Waals surface area contributed by atoms with Gasteiger partial charge < -0.3 is 5.32 Å². The van der Waals surface area contributed by atoms with Crippen LogP contribution in [0.25, 0.3) is 0 Å². The molecular weight excluding hydrogens is 295 g/mol. The first-order valence-corrected chi connectivity index (χ1v) is 6.84. The molecule has 0 spiro atoms. The van der Waals surface area contributed by atoms with Gasteiger partial charge in [0, 0.05) is 18.0 Å². The fraction of sp³-hybridized carbons (Fsp3) is 0.200. The average molecular weight is 309 g/mol. The van der Waals surface area contributed by atoms with Crippen molar-refractivity contribution in [3.05, 3.63) is 63.9 Å². The molecular formula is C15H14Cl2N2O. The summed E-state index contributed by atoms with van der Waals surface area (Å²) >= 11 is 11.8. The number of rotatable bonds is 3. The van der Waals surface area contributed by atoms with Crippen molar-refractivity contribution in [3.63, 3.8) is 0 Å². The van der Waals surface area contributed by atoms with Gasteiger partial charge in [-0.05, 0) is 49.7 Å². The number of nitrogens with one attached hydrogen (secondary N) is 1. The van der Waals surface area contributed by atoms with Crippen LogP contribution in [0.3, 0.4) is 0 Å². The van der Waals surface area contributed by atoms with Crippen LogP contribution in [0.15, 0.2) is 42.7 Å². The van der Waals surface area contributed by atoms with Gasteiger partial charge in [0.2, 0.25) is 0 Å². The number of amides is 1. The molecule has 1 aromatic carbocycles. The molecule has 0 bridgehead atoms. The van der Waals surface area contributed by atoms with Crippen LogP contribution in [0.4, 0.5) is 0 Å². The lowest BCUT2D eigenvalue weighted by Crippen LogP contribution is -2.41. The summed E-state index contributed by atoms with van der Waals surface area (Å²) in [5, 5.41) is 3.76. The molecule has 3 nitrogen and oxygen atoms in total. The third kappa shape index (κ3) is 3.30. The topological polar surface area (TPSA) is 42.0 Å². The molecule has 2 rings (SSSR count). The predicted octanol–water partition coefficient (Wildman–Crippen LogP) is 4.05. The summed E-state index contributed by atoms with van der Waals surface area (Å²) in [4.78, 5) is 16.2. The molecule has 1 amide bonds. The fourth-order valence-corrected chi connectivity index (χ4v) is 2.13. The van der Waals surface area contributed by atoms with Crippen LogP contribution in [0.5, 0.6) is 0 Å². The van der Waals surface area contributed by atoms with Crippen molar-refractivity contribution in [2.24, 2.45) is 0 Å². The molecule has 104 valence electrons. The molecule has 0 aliphatic heterocycles. The molecule has 20 heavy (non-hydrogen) atoms. The Hall–Kier alpha value is -1.58. The van der Waals surface area contributed by atoms with E-state index < -0.39 is 5.54 Å². The minimum absolute atomic E-state index is 0.203. The largest absolute Gasteiger partial charge is 0.343 e. The molecule has 0 saturated carbocycles. The van der Waals surface area contributed by atoms with Gasteiger partial charge in [-0.1, -0.05) is 23.2 Å². The minimum atomic E-state index is -0.508. The van der Waals surface area contributed by atoms with E-state index in [2.05, 4.69) is 10.3 Å². The monoisotopic (exact) mass is 308 g/mol. The van der Waals surface area contributed by atoms with E-state index in [4.69, 9.17) is 23.2 Å². The van der Waals surface area contributed by atoms with E-state index in [0.717, 1.165) is 5.56 Å². The average Bonchev–Trinajstić information content (AvgIpc) is 2.42. The Morgan fingerprint density at radius 2 is 1.75 bits per heavy atom. The van der Waals surface area contributed by atoms with Gasteiger partial charge in [-0.15, -0.1) is 0 Å². The highest BCUT2D eigenvalue weighted by Gasteiger charge is 2.23. The standard InChI is InChI=1S/C15H14Cl2N2O/c1-15(2,11-5-7-18-8-6-11)19-14(20)10-3-4-12(16)13(17)9-10/h3-9H,1-2H3,(H,19,20). The quantitative estimate of drug-likeness (QED) is 0.929. The van der Waals surface area contributed by atoms with Crippen molar-refractivity contribution in [3.8, 4) is 0 Å². The second-order valence-corrected chi connectivity index (χ2v) is 5.76. The van der Waals surface area contributed by atoms with Gasteiger partial charge in [-0.25, -0.2) is 0 Å². The van der Waals surface area contributed by atoms with Gasteiger partial charge in [0.15, 0.2) is 0 Å². The second kappa shape index (κ2) is 5.81. The van der Waals surface area contributed by atoms with Crippen LogP contribution < -0.4 is 5.32 Å². The lowest BCUT2D eigenvalue weighted by molar-refractivity contribution is 0.0912. The van der Waals surface area contributed by atoms with Crippen LogP contribution in [0.1, 0.15) is 29.8 Å². The summed E-state index contributed by atoms with van der Waals surface area (Å²) in [5.41, 5.74) is 0.939. The molecule has 0 radical (unpaired) electrons. The first-order chi connectivity index (χ1) is 9.40. The van der Waals surface area contributed by atoms with Crippen LogP contribution in [0.2, 0.25) is 10.0 Å². The van der Waals surface area contributed by atoms with E-state index in [1.807, 2.05) is 26.0 Å². The van der Waals surface area contributed by atoms with Gasteiger partial charge in [0.25, 0.3) is 5.91 Å². The van der Waals surface area contributed by atoms with Gasteiger partial charge >= 0.3 is 0 Å². The highest BCUT2D eigenvalue weighted by atomic mass is 35.5. The van der Waals surface area contributed by atoms with E-state index in [1.165, 1.54) is 0 Å². The molecule has 0 atom stereocenters. The maximum Gasteiger partial charge on any atom is 0.252 e. The molecule has 5 heteroatoms. The number of nitrogens with zero attached hydrogens (tertiary/aromatic N) is 1. The normalized spacial score (nSPS) is 11.2. The molecule has 1 aromatic heterocycles. The van der Waals surface area contributed by atoms with Crippen molar-refractivity contribution in [1.82, 2.24) is 10.3 Å². The summed E-state index contributed by atoms with van der Waals surface area (Å²) in [6.07, 6.45) is 3.39. The number of carbonyl (C=O) groups excluding carboxylic acids is 1. The lowest BCUT2D eigenvalue weighted by atomic mass is 9.95.